The van der Waals surface area contributed by atoms with Crippen LogP contribution in [0.15, 0.2) is 40.8 Å². The van der Waals surface area contributed by atoms with Crippen LogP contribution in [0.2, 0.25) is 0 Å². The molecule has 2 N–H and O–H groups in total. The van der Waals surface area contributed by atoms with E-state index >= 15 is 0 Å². The van der Waals surface area contributed by atoms with E-state index in [4.69, 9.17) is 0 Å². The lowest BCUT2D eigenvalue weighted by atomic mass is 9.97. The molecule has 1 atom stereocenters. The number of benzene rings is 1. The maximum absolute atomic E-state index is 12.6. The quantitative estimate of drug-likeness (QED) is 0.656. The van der Waals surface area contributed by atoms with E-state index in [0.29, 0.717) is 6.54 Å². The van der Waals surface area contributed by atoms with Crippen molar-refractivity contribution in [3.05, 3.63) is 35.9 Å². The number of amides is 2. The monoisotopic (exact) mass is 330 g/mol. The first kappa shape index (κ1) is 16.1. The first-order valence-corrected chi connectivity index (χ1v) is 8.97. The predicted molar refractivity (Wildman–Crippen MR) is 93.5 cm³/mol. The molecule has 1 aliphatic heterocycles. The maximum Gasteiger partial charge on any atom is 0.250 e. The van der Waals surface area contributed by atoms with Crippen LogP contribution in [0.25, 0.3) is 0 Å². The fourth-order valence-corrected chi connectivity index (χ4v) is 4.08. The molecule has 0 spiro atoms. The lowest BCUT2D eigenvalue weighted by Crippen LogP contribution is -2.52. The topological polar surface area (TPSA) is 58.2 Å². The molecule has 1 aromatic carbocycles. The predicted octanol–water partition coefficient (Wildman–Crippen LogP) is 3.50. The van der Waals surface area contributed by atoms with Crippen molar-refractivity contribution in [2.24, 2.45) is 0 Å². The Hall–Kier alpha value is -1.75. The summed E-state index contributed by atoms with van der Waals surface area (Å²) in [6.45, 7) is 2.29. The minimum Gasteiger partial charge on any atom is -0.354 e. The van der Waals surface area contributed by atoms with Crippen molar-refractivity contribution in [1.29, 1.82) is 0 Å². The summed E-state index contributed by atoms with van der Waals surface area (Å²) in [7, 11) is 0. The zero-order valence-electron chi connectivity index (χ0n) is 13.4. The van der Waals surface area contributed by atoms with Crippen LogP contribution < -0.4 is 10.6 Å². The summed E-state index contributed by atoms with van der Waals surface area (Å²) in [6.07, 6.45) is 7.96. The van der Waals surface area contributed by atoms with Crippen molar-refractivity contribution in [3.8, 4) is 0 Å². The molecule has 0 radical (unpaired) electrons. The van der Waals surface area contributed by atoms with Gasteiger partial charge < -0.3 is 10.6 Å². The Morgan fingerprint density at radius 3 is 2.96 bits per heavy atom. The smallest absolute Gasteiger partial charge is 0.250 e. The number of rotatable bonds is 4. The zero-order chi connectivity index (χ0) is 16.3. The standard InChI is InChI=1S/C18H22N2O2S/c1-18(16(21)19-12-11-13-7-3-2-4-8-13)17(22)20-14-9-5-6-10-15(14)23-18/h5-7,9-10H,2-4,8,11-12H2,1H3,(H,19,21)(H,20,22)/t18-/m0/s1. The molecule has 4 nitrogen and oxygen atoms in total. The molecule has 2 amide bonds. The molecule has 2 aliphatic rings. The molecule has 0 aromatic heterocycles. The molecule has 1 heterocycles. The van der Waals surface area contributed by atoms with E-state index in [2.05, 4.69) is 16.7 Å². The second kappa shape index (κ2) is 6.79. The third-order valence-electron chi connectivity index (χ3n) is 4.43. The zero-order valence-corrected chi connectivity index (χ0v) is 14.2. The van der Waals surface area contributed by atoms with Crippen molar-refractivity contribution in [2.45, 2.75) is 48.7 Å². The SMILES string of the molecule is C[C@@]1(C(=O)NCCC2=CCCCC2)Sc2ccccc2NC1=O. The average Bonchev–Trinajstić information content (AvgIpc) is 2.57. The molecule has 0 saturated heterocycles. The number of para-hydroxylation sites is 1. The number of allylic oxidation sites excluding steroid dienone is 1. The van der Waals surface area contributed by atoms with Gasteiger partial charge in [0, 0.05) is 11.4 Å². The first-order chi connectivity index (χ1) is 11.1. The second-order valence-electron chi connectivity index (χ2n) is 6.20. The van der Waals surface area contributed by atoms with Crippen molar-refractivity contribution in [3.63, 3.8) is 0 Å². The van der Waals surface area contributed by atoms with Crippen LogP contribution in [0.5, 0.6) is 0 Å². The molecule has 1 aliphatic carbocycles. The highest BCUT2D eigenvalue weighted by Gasteiger charge is 2.45. The molecule has 122 valence electrons. The molecule has 1 aromatic rings. The van der Waals surface area contributed by atoms with Crippen molar-refractivity contribution in [2.75, 3.05) is 11.9 Å². The highest BCUT2D eigenvalue weighted by Crippen LogP contribution is 2.42. The van der Waals surface area contributed by atoms with Crippen LogP contribution in [-0.4, -0.2) is 23.1 Å². The van der Waals surface area contributed by atoms with Gasteiger partial charge in [0.15, 0.2) is 4.75 Å². The Labute approximate surface area is 141 Å². The maximum atomic E-state index is 12.6. The molecule has 23 heavy (non-hydrogen) atoms. The number of nitrogens with one attached hydrogen (secondary N) is 2. The lowest BCUT2D eigenvalue weighted by Gasteiger charge is -2.31. The van der Waals surface area contributed by atoms with E-state index in [0.717, 1.165) is 29.8 Å². The molecular weight excluding hydrogens is 308 g/mol. The largest absolute Gasteiger partial charge is 0.354 e. The molecule has 0 bridgehead atoms. The Morgan fingerprint density at radius 1 is 1.35 bits per heavy atom. The van der Waals surface area contributed by atoms with Crippen LogP contribution in [0, 0.1) is 0 Å². The van der Waals surface area contributed by atoms with E-state index in [-0.39, 0.29) is 11.8 Å². The van der Waals surface area contributed by atoms with Gasteiger partial charge in [0.05, 0.1) is 5.69 Å². The molecule has 0 fully saturated rings. The van der Waals surface area contributed by atoms with Crippen molar-refractivity contribution in [1.82, 2.24) is 5.32 Å². The normalized spacial score (nSPS) is 23.5. The molecule has 3 rings (SSSR count). The fourth-order valence-electron chi connectivity index (χ4n) is 2.95. The number of carbonyl (C=O) groups excluding carboxylic acids is 2. The van der Waals surface area contributed by atoms with E-state index in [1.807, 2.05) is 24.3 Å². The fraction of sp³-hybridized carbons (Fsp3) is 0.444. The Kier molecular flexibility index (Phi) is 4.76. The second-order valence-corrected chi connectivity index (χ2v) is 7.66. The molecule has 0 saturated carbocycles. The first-order valence-electron chi connectivity index (χ1n) is 8.15. The highest BCUT2D eigenvalue weighted by atomic mass is 32.2. The van der Waals surface area contributed by atoms with E-state index in [1.54, 1.807) is 6.92 Å². The highest BCUT2D eigenvalue weighted by molar-refractivity contribution is 8.02. The Balaban J connectivity index is 1.62. The van der Waals surface area contributed by atoms with Crippen molar-refractivity contribution < 1.29 is 9.59 Å². The Bertz CT molecular complexity index is 656. The van der Waals surface area contributed by atoms with Crippen LogP contribution >= 0.6 is 11.8 Å². The molecule has 5 heteroatoms. The Morgan fingerprint density at radius 2 is 2.17 bits per heavy atom. The average molecular weight is 330 g/mol. The van der Waals surface area contributed by atoms with Gasteiger partial charge in [-0.1, -0.05) is 35.5 Å². The summed E-state index contributed by atoms with van der Waals surface area (Å²) < 4.78 is -1.12. The number of anilines is 1. The third kappa shape index (κ3) is 3.44. The van der Waals surface area contributed by atoms with Gasteiger partial charge in [0.2, 0.25) is 11.8 Å². The number of hydrogen-bond acceptors (Lipinski definition) is 3. The van der Waals surface area contributed by atoms with E-state index in [1.165, 1.54) is 30.2 Å². The van der Waals surface area contributed by atoms with Gasteiger partial charge in [0.25, 0.3) is 0 Å². The van der Waals surface area contributed by atoms with Crippen LogP contribution in [-0.2, 0) is 9.59 Å². The summed E-state index contributed by atoms with van der Waals surface area (Å²) in [5, 5.41) is 5.78. The molecule has 0 unspecified atom stereocenters. The lowest BCUT2D eigenvalue weighted by molar-refractivity contribution is -0.129. The van der Waals surface area contributed by atoms with E-state index < -0.39 is 4.75 Å². The number of carbonyl (C=O) groups is 2. The van der Waals surface area contributed by atoms with Crippen molar-refractivity contribution >= 4 is 29.3 Å². The van der Waals surface area contributed by atoms with Crippen LogP contribution in [0.3, 0.4) is 0 Å². The van der Waals surface area contributed by atoms with Crippen LogP contribution in [0.4, 0.5) is 5.69 Å². The van der Waals surface area contributed by atoms with Gasteiger partial charge in [-0.05, 0) is 51.2 Å². The van der Waals surface area contributed by atoms with Gasteiger partial charge in [-0.15, -0.1) is 0 Å². The minimum atomic E-state index is -1.12. The number of hydrogen-bond donors (Lipinski definition) is 2. The summed E-state index contributed by atoms with van der Waals surface area (Å²) in [5.74, 6) is -0.471. The third-order valence-corrected chi connectivity index (χ3v) is 5.79. The van der Waals surface area contributed by atoms with Gasteiger partial charge in [0.1, 0.15) is 0 Å². The number of thioether (sulfide) groups is 1. The van der Waals surface area contributed by atoms with E-state index in [9.17, 15) is 9.59 Å². The van der Waals surface area contributed by atoms with Gasteiger partial charge in [-0.2, -0.15) is 0 Å². The van der Waals surface area contributed by atoms with Gasteiger partial charge in [-0.25, -0.2) is 0 Å². The summed E-state index contributed by atoms with van der Waals surface area (Å²) in [5.41, 5.74) is 2.20. The summed E-state index contributed by atoms with van der Waals surface area (Å²) >= 11 is 1.32. The molecular formula is C18H22N2O2S. The van der Waals surface area contributed by atoms with Gasteiger partial charge >= 0.3 is 0 Å². The summed E-state index contributed by atoms with van der Waals surface area (Å²) in [6, 6.07) is 7.57. The van der Waals surface area contributed by atoms with Crippen LogP contribution in [0.1, 0.15) is 39.0 Å². The summed E-state index contributed by atoms with van der Waals surface area (Å²) in [4.78, 5) is 25.9. The minimum absolute atomic E-state index is 0.217. The van der Waals surface area contributed by atoms with Gasteiger partial charge in [-0.3, -0.25) is 9.59 Å². The number of fused-ring (bicyclic) bond motifs is 1.